The van der Waals surface area contributed by atoms with Crippen molar-refractivity contribution in [3.63, 3.8) is 0 Å². The van der Waals surface area contributed by atoms with E-state index < -0.39 is 11.7 Å². The minimum Gasteiger partial charge on any atom is -0.465 e. The second-order valence-electron chi connectivity index (χ2n) is 4.04. The molecule has 0 radical (unpaired) electrons. The average molecular weight is 236 g/mol. The van der Waals surface area contributed by atoms with Crippen LogP contribution in [0.5, 0.6) is 0 Å². The lowest BCUT2D eigenvalue weighted by molar-refractivity contribution is -0.0898. The molecule has 1 aliphatic rings. The summed E-state index contributed by atoms with van der Waals surface area (Å²) < 4.78 is 0. The minimum atomic E-state index is -1.10. The number of hydrogen-bond acceptors (Lipinski definition) is 4. The fraction of sp³-hybridized carbons (Fsp3) is 0.273. The number of oxime groups is 1. The summed E-state index contributed by atoms with van der Waals surface area (Å²) in [6, 6.07) is 6.76. The summed E-state index contributed by atoms with van der Waals surface area (Å²) in [6.07, 6.45) is 0.247. The van der Waals surface area contributed by atoms with Crippen molar-refractivity contribution in [2.75, 3.05) is 13.1 Å². The normalized spacial score (nSPS) is 18.1. The van der Waals surface area contributed by atoms with E-state index in [1.54, 1.807) is 24.3 Å². The first-order chi connectivity index (χ1) is 8.05. The van der Waals surface area contributed by atoms with E-state index in [0.717, 1.165) is 4.90 Å². The lowest BCUT2D eigenvalue weighted by Crippen LogP contribution is -2.60. The van der Waals surface area contributed by atoms with Crippen molar-refractivity contribution in [2.24, 2.45) is 5.16 Å². The number of carboxylic acid groups (broad SMARTS) is 1. The van der Waals surface area contributed by atoms with Crippen LogP contribution in [0.3, 0.4) is 0 Å². The zero-order valence-corrected chi connectivity index (χ0v) is 8.95. The van der Waals surface area contributed by atoms with E-state index in [1.807, 2.05) is 0 Å². The molecule has 0 spiro atoms. The van der Waals surface area contributed by atoms with Gasteiger partial charge in [-0.05, 0) is 11.1 Å². The number of aliphatic hydroxyl groups is 1. The number of likely N-dealkylation sites (tertiary alicyclic amines) is 1. The molecule has 0 aliphatic carbocycles. The van der Waals surface area contributed by atoms with Crippen molar-refractivity contribution >= 4 is 12.3 Å². The van der Waals surface area contributed by atoms with Crippen LogP contribution in [0.1, 0.15) is 11.1 Å². The average Bonchev–Trinajstić information content (AvgIpc) is 2.26. The predicted molar refractivity (Wildman–Crippen MR) is 59.3 cm³/mol. The highest BCUT2D eigenvalue weighted by atomic mass is 16.4. The molecule has 3 N–H and O–H groups in total. The van der Waals surface area contributed by atoms with E-state index in [0.29, 0.717) is 11.1 Å². The summed E-state index contributed by atoms with van der Waals surface area (Å²) in [5, 5.41) is 30.1. The van der Waals surface area contributed by atoms with Gasteiger partial charge in [0.1, 0.15) is 5.60 Å². The number of hydrogen-bond donors (Lipinski definition) is 3. The molecule has 1 aromatic carbocycles. The van der Waals surface area contributed by atoms with Gasteiger partial charge in [-0.1, -0.05) is 29.4 Å². The van der Waals surface area contributed by atoms with Crippen molar-refractivity contribution in [3.05, 3.63) is 35.4 Å². The van der Waals surface area contributed by atoms with Crippen molar-refractivity contribution in [1.29, 1.82) is 0 Å². The minimum absolute atomic E-state index is 0.0791. The predicted octanol–water partition coefficient (Wildman–Crippen LogP) is 0.676. The van der Waals surface area contributed by atoms with Crippen LogP contribution in [-0.2, 0) is 5.60 Å². The van der Waals surface area contributed by atoms with Crippen LogP contribution in [-0.4, -0.2) is 45.7 Å². The van der Waals surface area contributed by atoms with E-state index >= 15 is 0 Å². The molecule has 1 aliphatic heterocycles. The second kappa shape index (κ2) is 4.06. The first-order valence-corrected chi connectivity index (χ1v) is 5.03. The molecule has 0 aromatic heterocycles. The summed E-state index contributed by atoms with van der Waals surface area (Å²) in [4.78, 5) is 11.8. The van der Waals surface area contributed by atoms with Gasteiger partial charge in [-0.2, -0.15) is 0 Å². The number of carbonyl (C=O) groups is 1. The molecular formula is C11H12N2O4. The summed E-state index contributed by atoms with van der Waals surface area (Å²) >= 11 is 0. The Hall–Kier alpha value is -2.08. The Morgan fingerprint density at radius 1 is 1.35 bits per heavy atom. The summed E-state index contributed by atoms with van der Waals surface area (Å²) in [5.74, 6) is 0. The standard InChI is InChI=1S/C11H12N2O4/c14-10(15)13-6-11(16,7-13)9-3-1-8(2-4-9)5-12-17/h1-5,16-17H,6-7H2,(H,14,15). The Morgan fingerprint density at radius 2 is 1.94 bits per heavy atom. The van der Waals surface area contributed by atoms with Gasteiger partial charge in [0.25, 0.3) is 0 Å². The molecular weight excluding hydrogens is 224 g/mol. The molecule has 0 saturated carbocycles. The van der Waals surface area contributed by atoms with Gasteiger partial charge in [0.2, 0.25) is 0 Å². The van der Waals surface area contributed by atoms with Gasteiger partial charge in [-0.15, -0.1) is 0 Å². The zero-order chi connectivity index (χ0) is 12.5. The molecule has 1 amide bonds. The van der Waals surface area contributed by atoms with E-state index in [9.17, 15) is 9.90 Å². The van der Waals surface area contributed by atoms with Gasteiger partial charge < -0.3 is 20.3 Å². The Balaban J connectivity index is 2.11. The van der Waals surface area contributed by atoms with Gasteiger partial charge in [-0.25, -0.2) is 4.79 Å². The Bertz CT molecular complexity index is 449. The first-order valence-electron chi connectivity index (χ1n) is 5.03. The molecule has 1 saturated heterocycles. The quantitative estimate of drug-likeness (QED) is 0.400. The molecule has 6 heteroatoms. The van der Waals surface area contributed by atoms with E-state index in [2.05, 4.69) is 5.16 Å². The molecule has 1 fully saturated rings. The maximum Gasteiger partial charge on any atom is 0.407 e. The molecule has 6 nitrogen and oxygen atoms in total. The molecule has 0 atom stereocenters. The number of rotatable bonds is 2. The number of amides is 1. The zero-order valence-electron chi connectivity index (χ0n) is 8.95. The fourth-order valence-corrected chi connectivity index (χ4v) is 1.85. The molecule has 1 heterocycles. The van der Waals surface area contributed by atoms with Crippen LogP contribution in [0.25, 0.3) is 0 Å². The van der Waals surface area contributed by atoms with Crippen LogP contribution < -0.4 is 0 Å². The van der Waals surface area contributed by atoms with Gasteiger partial charge in [0, 0.05) is 0 Å². The van der Waals surface area contributed by atoms with Gasteiger partial charge in [0.15, 0.2) is 0 Å². The summed E-state index contributed by atoms with van der Waals surface area (Å²) in [6.45, 7) is 0.158. The lowest BCUT2D eigenvalue weighted by Gasteiger charge is -2.45. The molecule has 0 bridgehead atoms. The fourth-order valence-electron chi connectivity index (χ4n) is 1.85. The van der Waals surface area contributed by atoms with Crippen molar-refractivity contribution in [2.45, 2.75) is 5.60 Å². The maximum atomic E-state index is 10.6. The smallest absolute Gasteiger partial charge is 0.407 e. The second-order valence-corrected chi connectivity index (χ2v) is 4.04. The van der Waals surface area contributed by atoms with Crippen molar-refractivity contribution < 1.29 is 20.2 Å². The molecule has 90 valence electrons. The highest BCUT2D eigenvalue weighted by Gasteiger charge is 2.45. The Morgan fingerprint density at radius 3 is 2.41 bits per heavy atom. The maximum absolute atomic E-state index is 10.6. The third-order valence-corrected chi connectivity index (χ3v) is 2.83. The van der Waals surface area contributed by atoms with Crippen LogP contribution >= 0.6 is 0 Å². The third kappa shape index (κ3) is 2.07. The largest absolute Gasteiger partial charge is 0.465 e. The van der Waals surface area contributed by atoms with E-state index in [4.69, 9.17) is 10.3 Å². The third-order valence-electron chi connectivity index (χ3n) is 2.83. The van der Waals surface area contributed by atoms with Crippen LogP contribution in [0.4, 0.5) is 4.79 Å². The van der Waals surface area contributed by atoms with Gasteiger partial charge in [-0.3, -0.25) is 0 Å². The topological polar surface area (TPSA) is 93.4 Å². The summed E-state index contributed by atoms with van der Waals surface area (Å²) in [7, 11) is 0. The van der Waals surface area contributed by atoms with E-state index in [-0.39, 0.29) is 13.1 Å². The van der Waals surface area contributed by atoms with Crippen molar-refractivity contribution in [1.82, 2.24) is 4.90 Å². The van der Waals surface area contributed by atoms with Crippen LogP contribution in [0.2, 0.25) is 0 Å². The monoisotopic (exact) mass is 236 g/mol. The van der Waals surface area contributed by atoms with Crippen LogP contribution in [0.15, 0.2) is 29.4 Å². The Kier molecular flexibility index (Phi) is 2.72. The van der Waals surface area contributed by atoms with Gasteiger partial charge >= 0.3 is 6.09 Å². The molecule has 0 unspecified atom stereocenters. The number of benzene rings is 1. The lowest BCUT2D eigenvalue weighted by atomic mass is 9.86. The molecule has 17 heavy (non-hydrogen) atoms. The SMILES string of the molecule is O=C(O)N1CC(O)(c2ccc(C=NO)cc2)C1. The highest BCUT2D eigenvalue weighted by molar-refractivity contribution is 5.79. The number of β-amino-alcohol motifs (C(OH)–C–C–N with tert-alkyl or cyclic N) is 1. The Labute approximate surface area is 97.4 Å². The molecule has 2 rings (SSSR count). The van der Waals surface area contributed by atoms with Crippen LogP contribution in [0, 0.1) is 0 Å². The highest BCUT2D eigenvalue weighted by Crippen LogP contribution is 2.31. The molecule has 1 aromatic rings. The van der Waals surface area contributed by atoms with E-state index in [1.165, 1.54) is 6.21 Å². The first kappa shape index (κ1) is 11.4. The van der Waals surface area contributed by atoms with Crippen molar-refractivity contribution in [3.8, 4) is 0 Å². The number of nitrogens with zero attached hydrogens (tertiary/aromatic N) is 2. The van der Waals surface area contributed by atoms with Gasteiger partial charge in [0.05, 0.1) is 19.3 Å². The summed E-state index contributed by atoms with van der Waals surface area (Å²) in [5.41, 5.74) is 0.257.